The van der Waals surface area contributed by atoms with E-state index >= 15 is 0 Å². The fraction of sp³-hybridized carbons (Fsp3) is 0.278. The molecule has 1 aliphatic rings. The summed E-state index contributed by atoms with van der Waals surface area (Å²) in [5.41, 5.74) is 5.94. The molecule has 0 radical (unpaired) electrons. The zero-order valence-electron chi connectivity index (χ0n) is 16.7. The van der Waals surface area contributed by atoms with Crippen LogP contribution >= 0.6 is 37.2 Å². The normalized spacial score (nSPS) is 19.3. The summed E-state index contributed by atoms with van der Waals surface area (Å²) in [5.74, 6) is -0.957. The van der Waals surface area contributed by atoms with E-state index in [2.05, 4.69) is 25.7 Å². The molecule has 1 aromatic carbocycles. The van der Waals surface area contributed by atoms with Crippen LogP contribution in [0, 0.1) is 0 Å². The van der Waals surface area contributed by atoms with Gasteiger partial charge in [-0.1, -0.05) is 24.3 Å². The molecule has 1 fully saturated rings. The Bertz CT molecular complexity index is 985. The van der Waals surface area contributed by atoms with Crippen molar-refractivity contribution >= 4 is 70.6 Å². The van der Waals surface area contributed by atoms with Gasteiger partial charge in [0.1, 0.15) is 5.82 Å². The maximum absolute atomic E-state index is 13.1. The average Bonchev–Trinajstić information content (AvgIpc) is 3.15. The van der Waals surface area contributed by atoms with Gasteiger partial charge in [-0.3, -0.25) is 14.3 Å². The van der Waals surface area contributed by atoms with Gasteiger partial charge in [-0.2, -0.15) is 0 Å². The predicted octanol–water partition coefficient (Wildman–Crippen LogP) is 0.861. The van der Waals surface area contributed by atoms with Crippen LogP contribution in [0.2, 0.25) is 0 Å². The fourth-order valence-corrected chi connectivity index (χ4v) is 4.53. The number of nitrogens with zero attached hydrogens (tertiary/aromatic N) is 1. The van der Waals surface area contributed by atoms with Crippen molar-refractivity contribution in [1.29, 1.82) is 0 Å². The van der Waals surface area contributed by atoms with Crippen molar-refractivity contribution in [3.63, 3.8) is 0 Å². The molecule has 1 aliphatic heterocycles. The first-order chi connectivity index (χ1) is 13.9. The van der Waals surface area contributed by atoms with Crippen LogP contribution in [-0.4, -0.2) is 49.2 Å². The summed E-state index contributed by atoms with van der Waals surface area (Å²) in [6.07, 6.45) is 1.26. The monoisotopic (exact) mass is 526 g/mol. The van der Waals surface area contributed by atoms with Crippen LogP contribution in [0.3, 0.4) is 0 Å². The van der Waals surface area contributed by atoms with Gasteiger partial charge < -0.3 is 21.7 Å². The molecule has 2 heterocycles. The number of halogens is 3. The van der Waals surface area contributed by atoms with Gasteiger partial charge in [0.15, 0.2) is 4.87 Å². The highest BCUT2D eigenvalue weighted by Gasteiger charge is 2.52. The van der Waals surface area contributed by atoms with Crippen LogP contribution < -0.4 is 26.4 Å². The topological polar surface area (TPSA) is 155 Å². The molecular formula is C18H25Cl3N6O4S. The highest BCUT2D eigenvalue weighted by Crippen LogP contribution is 2.28. The molecule has 0 aliphatic carbocycles. The molecular weight excluding hydrogens is 503 g/mol. The summed E-state index contributed by atoms with van der Waals surface area (Å²) >= 11 is 0. The Kier molecular flexibility index (Phi) is 11.9. The van der Waals surface area contributed by atoms with Crippen molar-refractivity contribution in [1.82, 2.24) is 15.6 Å². The lowest BCUT2D eigenvalue weighted by Gasteiger charge is -2.29. The SMILES string of the molecule is Cl.Cl.Cl.NCC(=O)NC1(S(=O)(=O)Nc2ccccn2)CN[C@H](C(=O)Nc2ccccc2)C1. The molecule has 2 atom stereocenters. The number of rotatable bonds is 7. The van der Waals surface area contributed by atoms with E-state index in [0.29, 0.717) is 5.69 Å². The molecule has 1 aromatic heterocycles. The summed E-state index contributed by atoms with van der Waals surface area (Å²) < 4.78 is 28.6. The Labute approximate surface area is 204 Å². The Morgan fingerprint density at radius 3 is 2.34 bits per heavy atom. The number of anilines is 2. The highest BCUT2D eigenvalue weighted by atomic mass is 35.5. The largest absolute Gasteiger partial charge is 0.333 e. The van der Waals surface area contributed by atoms with Crippen LogP contribution in [0.1, 0.15) is 6.42 Å². The molecule has 0 bridgehead atoms. The van der Waals surface area contributed by atoms with Crippen molar-refractivity contribution in [2.75, 3.05) is 23.1 Å². The number of nitrogens with one attached hydrogen (secondary N) is 4. The predicted molar refractivity (Wildman–Crippen MR) is 130 cm³/mol. The Hall–Kier alpha value is -2.15. The van der Waals surface area contributed by atoms with Gasteiger partial charge in [0.2, 0.25) is 11.8 Å². The quantitative estimate of drug-likeness (QED) is 0.357. The lowest BCUT2D eigenvalue weighted by Crippen LogP contribution is -2.59. The maximum Gasteiger partial charge on any atom is 0.259 e. The van der Waals surface area contributed by atoms with E-state index in [0.717, 1.165) is 0 Å². The minimum atomic E-state index is -4.16. The van der Waals surface area contributed by atoms with E-state index in [9.17, 15) is 18.0 Å². The lowest BCUT2D eigenvalue weighted by atomic mass is 10.1. The summed E-state index contributed by atoms with van der Waals surface area (Å²) in [6, 6.07) is 12.7. The number of amides is 2. The number of carbonyl (C=O) groups excluding carboxylic acids is 2. The van der Waals surface area contributed by atoms with Crippen LogP contribution in [-0.2, 0) is 19.6 Å². The van der Waals surface area contributed by atoms with Crippen LogP contribution in [0.4, 0.5) is 11.5 Å². The third-order valence-corrected chi connectivity index (χ3v) is 6.42. The number of carbonyl (C=O) groups is 2. The molecule has 32 heavy (non-hydrogen) atoms. The first kappa shape index (κ1) is 29.9. The molecule has 3 rings (SSSR count). The van der Waals surface area contributed by atoms with Gasteiger partial charge in [0.05, 0.1) is 12.6 Å². The van der Waals surface area contributed by atoms with Gasteiger partial charge in [-0.05, 0) is 24.3 Å². The van der Waals surface area contributed by atoms with E-state index < -0.39 is 32.8 Å². The number of nitrogens with two attached hydrogens (primary N) is 1. The van der Waals surface area contributed by atoms with Crippen molar-refractivity contribution in [3.05, 3.63) is 54.7 Å². The van der Waals surface area contributed by atoms with Gasteiger partial charge in [0, 0.05) is 24.8 Å². The Morgan fingerprint density at radius 1 is 1.09 bits per heavy atom. The molecule has 2 aromatic rings. The standard InChI is InChI=1S/C18H22N6O4S.3ClH/c19-11-16(25)23-18(29(27,28)24-15-8-4-5-9-20-15)10-14(21-12-18)17(26)22-13-6-2-1-3-7-13;;;/h1-9,14,21H,10-12,19H2,(H,20,24)(H,22,26)(H,23,25);3*1H/t14-,18?;;;/m0.../s1. The molecule has 10 nitrogen and oxygen atoms in total. The number of aromatic nitrogens is 1. The van der Waals surface area contributed by atoms with Gasteiger partial charge in [0.25, 0.3) is 10.0 Å². The van der Waals surface area contributed by atoms with E-state index in [4.69, 9.17) is 5.73 Å². The van der Waals surface area contributed by atoms with Crippen LogP contribution in [0.25, 0.3) is 0 Å². The van der Waals surface area contributed by atoms with E-state index in [1.54, 1.807) is 36.4 Å². The number of benzene rings is 1. The first-order valence-corrected chi connectivity index (χ1v) is 10.4. The molecule has 1 saturated heterocycles. The van der Waals surface area contributed by atoms with E-state index in [1.165, 1.54) is 12.3 Å². The molecule has 6 N–H and O–H groups in total. The number of para-hydroxylation sites is 1. The van der Waals surface area contributed by atoms with Crippen molar-refractivity contribution in [3.8, 4) is 0 Å². The lowest BCUT2D eigenvalue weighted by molar-refractivity contribution is -0.121. The second-order valence-corrected chi connectivity index (χ2v) is 8.55. The summed E-state index contributed by atoms with van der Waals surface area (Å²) in [5, 5.41) is 8.07. The van der Waals surface area contributed by atoms with Crippen LogP contribution in [0.5, 0.6) is 0 Å². The van der Waals surface area contributed by atoms with Crippen molar-refractivity contribution in [2.45, 2.75) is 17.3 Å². The molecule has 2 amide bonds. The maximum atomic E-state index is 13.1. The molecule has 0 saturated carbocycles. The molecule has 0 spiro atoms. The second kappa shape index (κ2) is 12.8. The zero-order chi connectivity index (χ0) is 20.9. The number of pyridine rings is 1. The molecule has 1 unspecified atom stereocenters. The van der Waals surface area contributed by atoms with Gasteiger partial charge >= 0.3 is 0 Å². The van der Waals surface area contributed by atoms with Gasteiger partial charge in [-0.25, -0.2) is 13.4 Å². The highest BCUT2D eigenvalue weighted by molar-refractivity contribution is 7.94. The smallest absolute Gasteiger partial charge is 0.259 e. The Morgan fingerprint density at radius 2 is 1.75 bits per heavy atom. The fourth-order valence-electron chi connectivity index (χ4n) is 3.03. The minimum Gasteiger partial charge on any atom is -0.333 e. The Balaban J connectivity index is 0.00000320. The number of hydrogen-bond donors (Lipinski definition) is 5. The van der Waals surface area contributed by atoms with Crippen LogP contribution in [0.15, 0.2) is 54.7 Å². The molecule has 14 heteroatoms. The second-order valence-electron chi connectivity index (χ2n) is 6.56. The summed E-state index contributed by atoms with van der Waals surface area (Å²) in [7, 11) is -4.16. The van der Waals surface area contributed by atoms with E-state index in [1.807, 2.05) is 6.07 Å². The van der Waals surface area contributed by atoms with E-state index in [-0.39, 0.29) is 62.5 Å². The third-order valence-electron chi connectivity index (χ3n) is 4.50. The van der Waals surface area contributed by atoms with Crippen molar-refractivity contribution in [2.24, 2.45) is 5.73 Å². The number of sulfonamides is 1. The summed E-state index contributed by atoms with van der Waals surface area (Å²) in [6.45, 7) is -0.560. The third kappa shape index (κ3) is 6.92. The average molecular weight is 528 g/mol. The van der Waals surface area contributed by atoms with Crippen molar-refractivity contribution < 1.29 is 18.0 Å². The van der Waals surface area contributed by atoms with Gasteiger partial charge in [-0.15, -0.1) is 37.2 Å². The number of hydrogen-bond acceptors (Lipinski definition) is 7. The zero-order valence-corrected chi connectivity index (χ0v) is 20.0. The summed E-state index contributed by atoms with van der Waals surface area (Å²) in [4.78, 5) is 26.8. The minimum absolute atomic E-state index is 0. The first-order valence-electron chi connectivity index (χ1n) is 8.89. The molecule has 178 valence electrons.